The Balaban J connectivity index is 1.99. The third-order valence-electron chi connectivity index (χ3n) is 3.95. The van der Waals surface area contributed by atoms with Gasteiger partial charge in [-0.25, -0.2) is 8.42 Å². The number of piperidine rings is 1. The van der Waals surface area contributed by atoms with Crippen LogP contribution in [0.25, 0.3) is 0 Å². The van der Waals surface area contributed by atoms with Crippen molar-refractivity contribution in [1.29, 1.82) is 0 Å². The fraction of sp³-hybridized carbons (Fsp3) is 0.562. The number of amides is 1. The number of nitrogens with zero attached hydrogens (tertiary/aromatic N) is 1. The molecule has 1 saturated heterocycles. The lowest BCUT2D eigenvalue weighted by molar-refractivity contribution is -0.125. The highest BCUT2D eigenvalue weighted by atomic mass is 32.2. The largest absolute Gasteiger partial charge is 0.380 e. The molecule has 0 saturated carbocycles. The molecule has 0 spiro atoms. The zero-order chi connectivity index (χ0) is 16.9. The van der Waals surface area contributed by atoms with Gasteiger partial charge in [-0.15, -0.1) is 0 Å². The number of sulfonamides is 1. The van der Waals surface area contributed by atoms with E-state index in [9.17, 15) is 13.2 Å². The van der Waals surface area contributed by atoms with Crippen LogP contribution in [0.2, 0.25) is 0 Å². The second-order valence-corrected chi connectivity index (χ2v) is 7.79. The molecule has 0 aliphatic carbocycles. The molecule has 1 fully saturated rings. The molecule has 0 unspecified atom stereocenters. The summed E-state index contributed by atoms with van der Waals surface area (Å²) in [6, 6.07) is 7.18. The van der Waals surface area contributed by atoms with E-state index in [1.165, 1.54) is 4.31 Å². The number of benzene rings is 1. The van der Waals surface area contributed by atoms with Crippen molar-refractivity contribution in [2.45, 2.75) is 38.5 Å². The van der Waals surface area contributed by atoms with Crippen LogP contribution < -0.4 is 5.32 Å². The van der Waals surface area contributed by atoms with E-state index in [1.54, 1.807) is 7.11 Å². The highest BCUT2D eigenvalue weighted by Crippen LogP contribution is 2.20. The van der Waals surface area contributed by atoms with E-state index in [1.807, 2.05) is 24.3 Å². The maximum Gasteiger partial charge on any atom is 0.238 e. The van der Waals surface area contributed by atoms with Gasteiger partial charge in [-0.3, -0.25) is 4.79 Å². The number of rotatable bonds is 6. The van der Waals surface area contributed by atoms with Crippen molar-refractivity contribution in [2.75, 3.05) is 19.9 Å². The van der Waals surface area contributed by atoms with Crippen LogP contribution in [0.5, 0.6) is 0 Å². The average Bonchev–Trinajstić information content (AvgIpc) is 2.52. The molecule has 0 aromatic heterocycles. The summed E-state index contributed by atoms with van der Waals surface area (Å²) in [5.41, 5.74) is 2.00. The molecule has 0 bridgehead atoms. The summed E-state index contributed by atoms with van der Waals surface area (Å²) in [5.74, 6) is -0.229. The molecular formula is C16H24N2O4S. The molecule has 1 aliphatic heterocycles. The topological polar surface area (TPSA) is 75.7 Å². The van der Waals surface area contributed by atoms with E-state index < -0.39 is 16.1 Å². The summed E-state index contributed by atoms with van der Waals surface area (Å²) in [5, 5.41) is 2.85. The van der Waals surface area contributed by atoms with Gasteiger partial charge < -0.3 is 10.1 Å². The van der Waals surface area contributed by atoms with Crippen LogP contribution in [0.15, 0.2) is 24.3 Å². The van der Waals surface area contributed by atoms with E-state index in [0.29, 0.717) is 26.1 Å². The summed E-state index contributed by atoms with van der Waals surface area (Å²) in [4.78, 5) is 12.4. The lowest BCUT2D eigenvalue weighted by Crippen LogP contribution is -2.51. The molecule has 2 rings (SSSR count). The first kappa shape index (κ1) is 17.9. The Morgan fingerprint density at radius 3 is 2.78 bits per heavy atom. The third-order valence-corrected chi connectivity index (χ3v) is 5.24. The Kier molecular flexibility index (Phi) is 6.15. The Morgan fingerprint density at radius 2 is 2.09 bits per heavy atom. The number of hydrogen-bond donors (Lipinski definition) is 1. The molecule has 1 N–H and O–H groups in total. The van der Waals surface area contributed by atoms with Crippen molar-refractivity contribution in [3.8, 4) is 0 Å². The molecule has 0 radical (unpaired) electrons. The third kappa shape index (κ3) is 5.02. The number of carbonyl (C=O) groups excluding carboxylic acids is 1. The van der Waals surface area contributed by atoms with Crippen LogP contribution in [0.3, 0.4) is 0 Å². The maximum absolute atomic E-state index is 12.4. The number of methoxy groups -OCH3 is 1. The van der Waals surface area contributed by atoms with Crippen molar-refractivity contribution < 1.29 is 17.9 Å². The number of hydrogen-bond acceptors (Lipinski definition) is 4. The molecule has 23 heavy (non-hydrogen) atoms. The normalized spacial score (nSPS) is 19.5. The second kappa shape index (κ2) is 7.90. The first-order valence-corrected chi connectivity index (χ1v) is 9.58. The van der Waals surface area contributed by atoms with E-state index in [4.69, 9.17) is 4.74 Å². The quantitative estimate of drug-likeness (QED) is 0.846. The summed E-state index contributed by atoms with van der Waals surface area (Å²) in [6.45, 7) is 1.32. The lowest BCUT2D eigenvalue weighted by Gasteiger charge is -2.32. The Morgan fingerprint density at radius 1 is 1.35 bits per heavy atom. The van der Waals surface area contributed by atoms with Crippen LogP contribution in [-0.4, -0.2) is 44.6 Å². The molecule has 1 aliphatic rings. The molecule has 1 aromatic carbocycles. The molecule has 1 heterocycles. The minimum Gasteiger partial charge on any atom is -0.380 e. The molecule has 128 valence electrons. The monoisotopic (exact) mass is 340 g/mol. The van der Waals surface area contributed by atoms with E-state index in [-0.39, 0.29) is 5.91 Å². The van der Waals surface area contributed by atoms with Crippen LogP contribution in [0, 0.1) is 0 Å². The fourth-order valence-corrected chi connectivity index (χ4v) is 3.99. The molecule has 1 aromatic rings. The second-order valence-electron chi connectivity index (χ2n) is 5.86. The minimum absolute atomic E-state index is 0.229. The predicted molar refractivity (Wildman–Crippen MR) is 88.2 cm³/mol. The summed E-state index contributed by atoms with van der Waals surface area (Å²) in [6.07, 6.45) is 3.40. The average molecular weight is 340 g/mol. The fourth-order valence-electron chi connectivity index (χ4n) is 2.87. The van der Waals surface area contributed by atoms with Gasteiger partial charge in [0, 0.05) is 20.2 Å². The van der Waals surface area contributed by atoms with Gasteiger partial charge in [-0.1, -0.05) is 30.7 Å². The number of ether oxygens (including phenoxy) is 1. The summed E-state index contributed by atoms with van der Waals surface area (Å²) in [7, 11) is -1.72. The molecule has 7 heteroatoms. The van der Waals surface area contributed by atoms with Crippen LogP contribution in [-0.2, 0) is 32.7 Å². The van der Waals surface area contributed by atoms with Crippen LogP contribution in [0.4, 0.5) is 0 Å². The molecular weight excluding hydrogens is 316 g/mol. The van der Waals surface area contributed by atoms with Gasteiger partial charge in [-0.2, -0.15) is 4.31 Å². The smallest absolute Gasteiger partial charge is 0.238 e. The molecule has 6 nitrogen and oxygen atoms in total. The van der Waals surface area contributed by atoms with Gasteiger partial charge in [0.25, 0.3) is 0 Å². The molecule has 1 atom stereocenters. The Labute approximate surface area is 137 Å². The Bertz CT molecular complexity index is 645. The highest BCUT2D eigenvalue weighted by molar-refractivity contribution is 7.88. The van der Waals surface area contributed by atoms with Crippen molar-refractivity contribution in [3.05, 3.63) is 35.4 Å². The zero-order valence-electron chi connectivity index (χ0n) is 13.6. The van der Waals surface area contributed by atoms with Gasteiger partial charge in [0.2, 0.25) is 15.9 Å². The van der Waals surface area contributed by atoms with E-state index in [2.05, 4.69) is 5.32 Å². The number of carbonyl (C=O) groups is 1. The van der Waals surface area contributed by atoms with Crippen molar-refractivity contribution >= 4 is 15.9 Å². The molecule has 1 amide bonds. The standard InChI is InChI=1S/C16H24N2O4S/c1-22-12-14-7-5-6-13(10-14)11-17-16(19)15-8-3-4-9-18(15)23(2,20)21/h5-7,10,15H,3-4,8-9,11-12H2,1-2H3,(H,17,19)/t15-/m1/s1. The van der Waals surface area contributed by atoms with Crippen molar-refractivity contribution in [3.63, 3.8) is 0 Å². The lowest BCUT2D eigenvalue weighted by atomic mass is 10.0. The zero-order valence-corrected chi connectivity index (χ0v) is 14.4. The van der Waals surface area contributed by atoms with Gasteiger partial charge in [0.15, 0.2) is 0 Å². The first-order chi connectivity index (χ1) is 10.9. The summed E-state index contributed by atoms with van der Waals surface area (Å²) >= 11 is 0. The van der Waals surface area contributed by atoms with Crippen LogP contribution >= 0.6 is 0 Å². The first-order valence-electron chi connectivity index (χ1n) is 7.73. The number of nitrogens with one attached hydrogen (secondary N) is 1. The maximum atomic E-state index is 12.4. The van der Waals surface area contributed by atoms with Crippen molar-refractivity contribution in [1.82, 2.24) is 9.62 Å². The van der Waals surface area contributed by atoms with Crippen LogP contribution in [0.1, 0.15) is 30.4 Å². The van der Waals surface area contributed by atoms with Gasteiger partial charge in [0.05, 0.1) is 12.9 Å². The van der Waals surface area contributed by atoms with E-state index in [0.717, 1.165) is 30.2 Å². The van der Waals surface area contributed by atoms with Gasteiger partial charge >= 0.3 is 0 Å². The summed E-state index contributed by atoms with van der Waals surface area (Å²) < 4.78 is 30.1. The van der Waals surface area contributed by atoms with E-state index >= 15 is 0 Å². The SMILES string of the molecule is COCc1cccc(CNC(=O)[C@H]2CCCCN2S(C)(=O)=O)c1. The highest BCUT2D eigenvalue weighted by Gasteiger charge is 2.34. The van der Waals surface area contributed by atoms with Gasteiger partial charge in [0.1, 0.15) is 6.04 Å². The van der Waals surface area contributed by atoms with Crippen molar-refractivity contribution in [2.24, 2.45) is 0 Å². The van der Waals surface area contributed by atoms with Gasteiger partial charge in [-0.05, 0) is 24.0 Å². The minimum atomic E-state index is -3.36. The Hall–Kier alpha value is -1.44. The predicted octanol–water partition coefficient (Wildman–Crippen LogP) is 1.26.